The van der Waals surface area contributed by atoms with Crippen molar-refractivity contribution in [2.45, 2.75) is 57.1 Å². The summed E-state index contributed by atoms with van der Waals surface area (Å²) >= 11 is 1.34. The number of benzene rings is 2. The quantitative estimate of drug-likeness (QED) is 0.332. The van der Waals surface area contributed by atoms with Crippen molar-refractivity contribution in [1.82, 2.24) is 0 Å². The Bertz CT molecular complexity index is 507. The summed E-state index contributed by atoms with van der Waals surface area (Å²) in [5, 5.41) is 0.517. The maximum Gasteiger partial charge on any atom is 0.153 e. The third-order valence-electron chi connectivity index (χ3n) is 3.23. The Kier molecular flexibility index (Phi) is 10.3. The molecule has 1 atom stereocenters. The van der Waals surface area contributed by atoms with E-state index in [2.05, 4.69) is 82.3 Å². The van der Waals surface area contributed by atoms with Gasteiger partial charge in [0.15, 0.2) is 4.90 Å². The van der Waals surface area contributed by atoms with Crippen LogP contribution in [0.25, 0.3) is 0 Å². The van der Waals surface area contributed by atoms with Gasteiger partial charge >= 0.3 is 0 Å². The van der Waals surface area contributed by atoms with Crippen LogP contribution in [0.4, 0.5) is 0 Å². The molecule has 0 radical (unpaired) electrons. The molecule has 0 aliphatic rings. The summed E-state index contributed by atoms with van der Waals surface area (Å²) in [4.78, 5) is 1.34. The lowest BCUT2D eigenvalue weighted by molar-refractivity contribution is 0.309. The molecule has 126 valence electrons. The normalized spacial score (nSPS) is 11.3. The fourth-order valence-electron chi connectivity index (χ4n) is 1.99. The fraction of sp³-hybridized carbons (Fsp3) is 0.429. The second-order valence-electron chi connectivity index (χ2n) is 5.62. The highest BCUT2D eigenvalue weighted by Gasteiger charge is 2.14. The van der Waals surface area contributed by atoms with E-state index in [0.717, 1.165) is 18.8 Å². The Hall–Kier alpha value is -1.41. The van der Waals surface area contributed by atoms with Crippen LogP contribution in [0.2, 0.25) is 0 Å². The van der Waals surface area contributed by atoms with Crippen LogP contribution in [-0.2, 0) is 11.8 Å². The van der Waals surface area contributed by atoms with E-state index >= 15 is 0 Å². The van der Waals surface area contributed by atoms with Gasteiger partial charge in [0.2, 0.25) is 0 Å². The standard InChI is InChI=1S/C18H22OS.C3H8/c1-3-4-14-19-17-10-12-18(13-11-17)20-15(2)16-8-6-5-7-9-16;1-3-2/h5-13,15H,3-4,14H2,1-2H3;3H2,1-2H3/p+1. The number of unbranched alkanes of at least 4 members (excludes halogenated alkanes) is 1. The van der Waals surface area contributed by atoms with Crippen molar-refractivity contribution in [3.63, 3.8) is 0 Å². The van der Waals surface area contributed by atoms with Gasteiger partial charge in [-0.3, -0.25) is 0 Å². The molecule has 1 unspecified atom stereocenters. The van der Waals surface area contributed by atoms with Crippen LogP contribution in [0.15, 0.2) is 59.5 Å². The van der Waals surface area contributed by atoms with Crippen molar-refractivity contribution in [2.75, 3.05) is 6.61 Å². The minimum Gasteiger partial charge on any atom is -0.494 e. The Morgan fingerprint density at radius 1 is 0.913 bits per heavy atom. The lowest BCUT2D eigenvalue weighted by Gasteiger charge is -2.06. The molecule has 0 amide bonds. The Balaban J connectivity index is 0.000000816. The highest BCUT2D eigenvalue weighted by atomic mass is 32.2. The summed E-state index contributed by atoms with van der Waals surface area (Å²) in [7, 11) is 0. The van der Waals surface area contributed by atoms with Crippen LogP contribution in [0.1, 0.15) is 57.8 Å². The molecule has 2 rings (SSSR count). The van der Waals surface area contributed by atoms with E-state index in [4.69, 9.17) is 4.74 Å². The minimum absolute atomic E-state index is 0.517. The first-order valence-electron chi connectivity index (χ1n) is 8.69. The summed E-state index contributed by atoms with van der Waals surface area (Å²) in [5.41, 5.74) is 1.39. The molecule has 1 nitrogen and oxygen atoms in total. The Morgan fingerprint density at radius 3 is 2.09 bits per heavy atom. The van der Waals surface area contributed by atoms with E-state index in [9.17, 15) is 0 Å². The molecule has 0 aliphatic carbocycles. The van der Waals surface area contributed by atoms with Crippen molar-refractivity contribution in [1.29, 1.82) is 0 Å². The predicted molar refractivity (Wildman–Crippen MR) is 105 cm³/mol. The van der Waals surface area contributed by atoms with Crippen LogP contribution in [-0.4, -0.2) is 6.61 Å². The van der Waals surface area contributed by atoms with E-state index in [1.165, 1.54) is 35.1 Å². The summed E-state index contributed by atoms with van der Waals surface area (Å²) in [5.74, 6) is 0.977. The molecule has 2 aromatic rings. The number of hydrogen-bond acceptors (Lipinski definition) is 1. The minimum atomic E-state index is 0.517. The van der Waals surface area contributed by atoms with Gasteiger partial charge in [-0.1, -0.05) is 63.9 Å². The van der Waals surface area contributed by atoms with Gasteiger partial charge in [-0.2, -0.15) is 0 Å². The van der Waals surface area contributed by atoms with Gasteiger partial charge in [-0.25, -0.2) is 0 Å². The third-order valence-corrected chi connectivity index (χ3v) is 4.51. The Morgan fingerprint density at radius 2 is 1.52 bits per heavy atom. The number of hydrogen-bond donors (Lipinski definition) is 0. The van der Waals surface area contributed by atoms with Crippen molar-refractivity contribution >= 4 is 11.8 Å². The van der Waals surface area contributed by atoms with Crippen molar-refractivity contribution in [2.24, 2.45) is 0 Å². The molecular formula is C21H31OS+. The van der Waals surface area contributed by atoms with E-state index in [-0.39, 0.29) is 0 Å². The molecule has 2 aromatic carbocycles. The van der Waals surface area contributed by atoms with Crippen LogP contribution in [0.5, 0.6) is 5.75 Å². The zero-order chi connectivity index (χ0) is 16.9. The first kappa shape index (κ1) is 19.6. The molecule has 0 spiro atoms. The lowest BCUT2D eigenvalue weighted by Crippen LogP contribution is -1.98. The van der Waals surface area contributed by atoms with Crippen LogP contribution in [0.3, 0.4) is 0 Å². The molecule has 0 fully saturated rings. The fourth-order valence-corrected chi connectivity index (χ4v) is 3.08. The van der Waals surface area contributed by atoms with Gasteiger partial charge < -0.3 is 4.74 Å². The first-order chi connectivity index (χ1) is 11.2. The van der Waals surface area contributed by atoms with E-state index in [1.54, 1.807) is 0 Å². The zero-order valence-corrected chi connectivity index (χ0v) is 15.9. The maximum atomic E-state index is 5.69. The molecule has 0 aromatic heterocycles. The zero-order valence-electron chi connectivity index (χ0n) is 15.0. The van der Waals surface area contributed by atoms with Gasteiger partial charge in [0.25, 0.3) is 0 Å². The molecule has 0 aliphatic heterocycles. The summed E-state index contributed by atoms with van der Waals surface area (Å²) < 4.78 is 5.69. The SMILES string of the molecule is CCC.CCCCOc1ccc([SH+]C(C)c2ccccc2)cc1. The topological polar surface area (TPSA) is 9.23 Å². The van der Waals surface area contributed by atoms with Gasteiger partial charge in [0.1, 0.15) is 11.0 Å². The van der Waals surface area contributed by atoms with Gasteiger partial charge in [-0.05, 0) is 37.6 Å². The number of rotatable bonds is 7. The predicted octanol–water partition coefficient (Wildman–Crippen LogP) is 6.22. The van der Waals surface area contributed by atoms with Crippen molar-refractivity contribution in [3.05, 3.63) is 60.2 Å². The van der Waals surface area contributed by atoms with Crippen LogP contribution in [0, 0.1) is 0 Å². The Labute approximate surface area is 146 Å². The van der Waals surface area contributed by atoms with E-state index in [0.29, 0.717) is 5.25 Å². The third kappa shape index (κ3) is 8.13. The molecule has 2 heteroatoms. The molecule has 0 N–H and O–H groups in total. The van der Waals surface area contributed by atoms with Crippen LogP contribution < -0.4 is 4.74 Å². The van der Waals surface area contributed by atoms with Gasteiger partial charge in [-0.15, -0.1) is 0 Å². The van der Waals surface area contributed by atoms with Gasteiger partial charge in [0.05, 0.1) is 6.61 Å². The number of ether oxygens (including phenoxy) is 1. The highest BCUT2D eigenvalue weighted by molar-refractivity contribution is 7.78. The van der Waals surface area contributed by atoms with Gasteiger partial charge in [0, 0.05) is 17.3 Å². The maximum absolute atomic E-state index is 5.69. The molecular weight excluding hydrogens is 300 g/mol. The second kappa shape index (κ2) is 12.1. The van der Waals surface area contributed by atoms with Crippen molar-refractivity contribution in [3.8, 4) is 5.75 Å². The average Bonchev–Trinajstić information content (AvgIpc) is 2.58. The summed E-state index contributed by atoms with van der Waals surface area (Å²) in [6.07, 6.45) is 3.54. The smallest absolute Gasteiger partial charge is 0.153 e. The average molecular weight is 332 g/mol. The van der Waals surface area contributed by atoms with Crippen LogP contribution >= 0.6 is 0 Å². The monoisotopic (exact) mass is 331 g/mol. The second-order valence-corrected chi connectivity index (χ2v) is 7.17. The van der Waals surface area contributed by atoms with E-state index < -0.39 is 0 Å². The van der Waals surface area contributed by atoms with Crippen molar-refractivity contribution < 1.29 is 4.74 Å². The largest absolute Gasteiger partial charge is 0.494 e. The molecule has 0 saturated heterocycles. The molecule has 23 heavy (non-hydrogen) atoms. The molecule has 0 bridgehead atoms. The summed E-state index contributed by atoms with van der Waals surface area (Å²) in [6.45, 7) is 9.51. The molecule has 0 heterocycles. The van der Waals surface area contributed by atoms with E-state index in [1.807, 2.05) is 0 Å². The highest BCUT2D eigenvalue weighted by Crippen LogP contribution is 2.23. The molecule has 0 saturated carbocycles. The lowest BCUT2D eigenvalue weighted by atomic mass is 10.2. The first-order valence-corrected chi connectivity index (χ1v) is 9.66. The number of thiol groups is 1. The summed E-state index contributed by atoms with van der Waals surface area (Å²) in [6, 6.07) is 19.2.